The molecule has 8 rings (SSSR count). The number of hydrogen-bond donors (Lipinski definition) is 0. The third kappa shape index (κ3) is 3.61. The molecule has 0 saturated heterocycles. The van der Waals surface area contributed by atoms with Gasteiger partial charge in [0.25, 0.3) is 0 Å². The smallest absolute Gasteiger partial charge is 0.160 e. The number of benzene rings is 5. The van der Waals surface area contributed by atoms with Crippen molar-refractivity contribution in [3.05, 3.63) is 128 Å². The monoisotopic (exact) mass is 515 g/mol. The predicted molar refractivity (Wildman–Crippen MR) is 164 cm³/mol. The van der Waals surface area contributed by atoms with Gasteiger partial charge in [0.1, 0.15) is 0 Å². The van der Waals surface area contributed by atoms with Crippen LogP contribution in [0.2, 0.25) is 0 Å². The van der Waals surface area contributed by atoms with Crippen LogP contribution in [0.5, 0.6) is 0 Å². The van der Waals surface area contributed by atoms with Gasteiger partial charge < -0.3 is 0 Å². The molecule has 0 bridgehead atoms. The van der Waals surface area contributed by atoms with E-state index in [1.165, 1.54) is 21.0 Å². The topological polar surface area (TPSA) is 38.7 Å². The van der Waals surface area contributed by atoms with E-state index >= 15 is 0 Å². The summed E-state index contributed by atoms with van der Waals surface area (Å²) in [6.07, 6.45) is 1.86. The lowest BCUT2D eigenvalue weighted by Crippen LogP contribution is -1.94. The molecule has 0 aliphatic heterocycles. The fraction of sp³-hybridized carbons (Fsp3) is 0. The van der Waals surface area contributed by atoms with E-state index in [0.29, 0.717) is 0 Å². The molecule has 4 heteroatoms. The Morgan fingerprint density at radius 2 is 1.26 bits per heavy atom. The van der Waals surface area contributed by atoms with Crippen molar-refractivity contribution in [2.75, 3.05) is 0 Å². The molecule has 39 heavy (non-hydrogen) atoms. The molecule has 0 amide bonds. The molecule has 0 radical (unpaired) electrons. The van der Waals surface area contributed by atoms with Crippen LogP contribution < -0.4 is 0 Å². The highest BCUT2D eigenvalue weighted by atomic mass is 32.1. The van der Waals surface area contributed by atoms with Crippen LogP contribution >= 0.6 is 11.3 Å². The number of thiophene rings is 1. The van der Waals surface area contributed by atoms with E-state index in [0.717, 1.165) is 54.7 Å². The second kappa shape index (κ2) is 8.83. The summed E-state index contributed by atoms with van der Waals surface area (Å²) in [5.74, 6) is 0.735. The van der Waals surface area contributed by atoms with Crippen molar-refractivity contribution in [3.63, 3.8) is 0 Å². The van der Waals surface area contributed by atoms with Crippen molar-refractivity contribution >= 4 is 53.3 Å². The lowest BCUT2D eigenvalue weighted by Gasteiger charge is -2.12. The first-order valence-corrected chi connectivity index (χ1v) is 13.8. The first kappa shape index (κ1) is 22.1. The molecule has 0 saturated carbocycles. The number of nitrogens with zero attached hydrogens (tertiary/aromatic N) is 3. The lowest BCUT2D eigenvalue weighted by molar-refractivity contribution is 1.24. The van der Waals surface area contributed by atoms with E-state index in [1.807, 2.05) is 18.3 Å². The van der Waals surface area contributed by atoms with E-state index < -0.39 is 0 Å². The number of fused-ring (bicyclic) bond motifs is 6. The summed E-state index contributed by atoms with van der Waals surface area (Å²) in [4.78, 5) is 15.0. The zero-order chi connectivity index (χ0) is 25.8. The molecular formula is C35H21N3S. The molecule has 3 aromatic heterocycles. The van der Waals surface area contributed by atoms with Crippen molar-refractivity contribution in [1.82, 2.24) is 15.0 Å². The van der Waals surface area contributed by atoms with Crippen LogP contribution in [-0.2, 0) is 0 Å². The molecule has 0 atom stereocenters. The van der Waals surface area contributed by atoms with Gasteiger partial charge >= 0.3 is 0 Å². The quantitative estimate of drug-likeness (QED) is 0.220. The third-order valence-corrected chi connectivity index (χ3v) is 8.48. The van der Waals surface area contributed by atoms with Crippen LogP contribution in [0.4, 0.5) is 0 Å². The van der Waals surface area contributed by atoms with Crippen LogP contribution in [0.15, 0.2) is 128 Å². The molecular weight excluding hydrogens is 494 g/mol. The molecule has 0 unspecified atom stereocenters. The fourth-order valence-electron chi connectivity index (χ4n) is 5.49. The molecule has 0 spiro atoms. The highest BCUT2D eigenvalue weighted by molar-refractivity contribution is 7.26. The minimum absolute atomic E-state index is 0.735. The molecule has 3 nitrogen and oxygen atoms in total. The molecule has 0 fully saturated rings. The summed E-state index contributed by atoms with van der Waals surface area (Å²) >= 11 is 1.76. The number of aromatic nitrogens is 3. The van der Waals surface area contributed by atoms with Crippen LogP contribution in [-0.4, -0.2) is 15.0 Å². The lowest BCUT2D eigenvalue weighted by atomic mass is 9.94. The normalized spacial score (nSPS) is 11.6. The van der Waals surface area contributed by atoms with E-state index in [1.54, 1.807) is 11.3 Å². The van der Waals surface area contributed by atoms with Gasteiger partial charge in [-0.2, -0.15) is 0 Å². The highest BCUT2D eigenvalue weighted by Crippen LogP contribution is 2.40. The molecule has 182 valence electrons. The number of pyridine rings is 1. The van der Waals surface area contributed by atoms with Gasteiger partial charge in [-0.25, -0.2) is 9.97 Å². The maximum absolute atomic E-state index is 5.17. The summed E-state index contributed by atoms with van der Waals surface area (Å²) in [6.45, 7) is 0. The van der Waals surface area contributed by atoms with Gasteiger partial charge in [-0.3, -0.25) is 4.98 Å². The maximum atomic E-state index is 5.17. The minimum Gasteiger partial charge on any atom is -0.256 e. The second-order valence-corrected chi connectivity index (χ2v) is 10.7. The molecule has 8 aromatic rings. The summed E-state index contributed by atoms with van der Waals surface area (Å²) in [5.41, 5.74) is 7.42. The first-order valence-electron chi connectivity index (χ1n) is 13.0. The Morgan fingerprint density at radius 3 is 2.15 bits per heavy atom. The molecule has 0 aliphatic carbocycles. The molecule has 0 aliphatic rings. The third-order valence-electron chi connectivity index (χ3n) is 7.31. The van der Waals surface area contributed by atoms with Crippen LogP contribution in [0.3, 0.4) is 0 Å². The Kier molecular flexibility index (Phi) is 5.00. The zero-order valence-electron chi connectivity index (χ0n) is 20.9. The molecule has 3 heterocycles. The van der Waals surface area contributed by atoms with Crippen molar-refractivity contribution in [2.45, 2.75) is 0 Å². The molecule has 5 aromatic carbocycles. The van der Waals surface area contributed by atoms with Gasteiger partial charge in [0.05, 0.1) is 21.4 Å². The second-order valence-electron chi connectivity index (χ2n) is 9.66. The Labute approximate surface area is 229 Å². The van der Waals surface area contributed by atoms with Gasteiger partial charge in [0, 0.05) is 38.2 Å². The number of rotatable bonds is 3. The summed E-state index contributed by atoms with van der Waals surface area (Å²) in [5, 5.41) is 4.64. The van der Waals surface area contributed by atoms with E-state index in [9.17, 15) is 0 Å². The molecule has 0 N–H and O–H groups in total. The van der Waals surface area contributed by atoms with Crippen molar-refractivity contribution in [1.29, 1.82) is 0 Å². The maximum Gasteiger partial charge on any atom is 0.160 e. The summed E-state index contributed by atoms with van der Waals surface area (Å²) in [6, 6.07) is 42.4. The Balaban J connectivity index is 1.38. The highest BCUT2D eigenvalue weighted by Gasteiger charge is 2.17. The number of hydrogen-bond acceptors (Lipinski definition) is 4. The average Bonchev–Trinajstić information content (AvgIpc) is 3.39. The Bertz CT molecular complexity index is 2180. The Hall–Kier alpha value is -4.93. The predicted octanol–water partition coefficient (Wildman–Crippen LogP) is 9.55. The minimum atomic E-state index is 0.735. The summed E-state index contributed by atoms with van der Waals surface area (Å²) in [7, 11) is 0. The summed E-state index contributed by atoms with van der Waals surface area (Å²) < 4.78 is 2.34. The van der Waals surface area contributed by atoms with Crippen molar-refractivity contribution in [2.24, 2.45) is 0 Å². The van der Waals surface area contributed by atoms with Gasteiger partial charge in [-0.15, -0.1) is 11.3 Å². The van der Waals surface area contributed by atoms with Crippen LogP contribution in [0, 0.1) is 0 Å². The van der Waals surface area contributed by atoms with Crippen molar-refractivity contribution in [3.8, 4) is 33.8 Å². The fourth-order valence-corrected chi connectivity index (χ4v) is 6.65. The van der Waals surface area contributed by atoms with Gasteiger partial charge in [0.15, 0.2) is 5.82 Å². The van der Waals surface area contributed by atoms with Crippen molar-refractivity contribution < 1.29 is 0 Å². The SMILES string of the molecule is c1ccc(-c2nc(-c3cccc(-c4cc5cccnc5c5ccccc45)c3)nc3c2sc2ccccc23)cc1. The van der Waals surface area contributed by atoms with Crippen LogP contribution in [0.25, 0.3) is 75.8 Å². The Morgan fingerprint density at radius 1 is 0.513 bits per heavy atom. The van der Waals surface area contributed by atoms with Gasteiger partial charge in [-0.1, -0.05) is 97.1 Å². The first-order chi connectivity index (χ1) is 19.3. The largest absolute Gasteiger partial charge is 0.256 e. The van der Waals surface area contributed by atoms with E-state index in [2.05, 4.69) is 114 Å². The zero-order valence-corrected chi connectivity index (χ0v) is 21.7. The standard InChI is InChI=1S/C35H21N3S/c1-2-10-22(11-3-1)32-34-33(28-17-6-7-18-30(28)39-34)38-35(37-32)25-13-8-12-23(20-25)29-21-24-14-9-19-36-31(24)27-16-5-4-15-26(27)29/h1-21H. The van der Waals surface area contributed by atoms with Gasteiger partial charge in [-0.05, 0) is 40.8 Å². The van der Waals surface area contributed by atoms with Gasteiger partial charge in [0.2, 0.25) is 0 Å². The van der Waals surface area contributed by atoms with E-state index in [4.69, 9.17) is 9.97 Å². The van der Waals surface area contributed by atoms with Crippen LogP contribution in [0.1, 0.15) is 0 Å². The van der Waals surface area contributed by atoms with E-state index in [-0.39, 0.29) is 0 Å². The average molecular weight is 516 g/mol.